The fourth-order valence-electron chi connectivity index (χ4n) is 8.73. The van der Waals surface area contributed by atoms with Gasteiger partial charge in [0.05, 0.1) is 11.4 Å². The highest BCUT2D eigenvalue weighted by Gasteiger charge is 2.37. The van der Waals surface area contributed by atoms with Gasteiger partial charge in [0, 0.05) is 22.1 Å². The fraction of sp³-hybridized carbons (Fsp3) is 0.160. The van der Waals surface area contributed by atoms with Crippen LogP contribution < -0.4 is 4.90 Å². The van der Waals surface area contributed by atoms with Crippen LogP contribution in [0.2, 0.25) is 0 Å². The van der Waals surface area contributed by atoms with Crippen LogP contribution in [-0.2, 0) is 10.8 Å². The van der Waals surface area contributed by atoms with E-state index >= 15 is 0 Å². The first-order chi connectivity index (χ1) is 24.6. The van der Waals surface area contributed by atoms with Gasteiger partial charge in [-0.05, 0) is 109 Å². The third-order valence-electron chi connectivity index (χ3n) is 11.3. The highest BCUT2D eigenvalue weighted by molar-refractivity contribution is 6.15. The van der Waals surface area contributed by atoms with E-state index in [0.717, 1.165) is 5.69 Å². The maximum Gasteiger partial charge on any atom is 0.0546 e. The van der Waals surface area contributed by atoms with E-state index in [2.05, 4.69) is 198 Å². The van der Waals surface area contributed by atoms with E-state index in [1.807, 2.05) is 0 Å². The Morgan fingerprint density at radius 3 is 1.86 bits per heavy atom. The van der Waals surface area contributed by atoms with Gasteiger partial charge in [0.1, 0.15) is 0 Å². The average Bonchev–Trinajstić information content (AvgIpc) is 3.37. The first kappa shape index (κ1) is 31.3. The molecular formula is C50H43N. The van der Waals surface area contributed by atoms with Crippen molar-refractivity contribution in [3.8, 4) is 22.3 Å². The maximum atomic E-state index is 2.56. The first-order valence-electron chi connectivity index (χ1n) is 18.2. The molecule has 0 aliphatic heterocycles. The third-order valence-corrected chi connectivity index (χ3v) is 11.3. The van der Waals surface area contributed by atoms with Gasteiger partial charge >= 0.3 is 0 Å². The molecule has 0 spiro atoms. The zero-order chi connectivity index (χ0) is 35.1. The van der Waals surface area contributed by atoms with E-state index in [0.29, 0.717) is 0 Å². The van der Waals surface area contributed by atoms with Crippen molar-refractivity contribution in [3.63, 3.8) is 0 Å². The number of anilines is 3. The predicted octanol–water partition coefficient (Wildman–Crippen LogP) is 14.2. The molecule has 51 heavy (non-hydrogen) atoms. The van der Waals surface area contributed by atoms with Gasteiger partial charge in [0.25, 0.3) is 0 Å². The zero-order valence-corrected chi connectivity index (χ0v) is 30.4. The molecule has 1 nitrogen and oxygen atoms in total. The molecule has 1 heteroatoms. The number of fused-ring (bicyclic) bond motifs is 7. The lowest BCUT2D eigenvalue weighted by molar-refractivity contribution is 0.592. The van der Waals surface area contributed by atoms with Crippen molar-refractivity contribution < 1.29 is 0 Å². The first-order valence-corrected chi connectivity index (χ1v) is 18.2. The molecule has 0 unspecified atom stereocenters. The number of aryl methyl sites for hydroxylation is 1. The summed E-state index contributed by atoms with van der Waals surface area (Å²) in [5, 5.41) is 7.47. The van der Waals surface area contributed by atoms with Gasteiger partial charge < -0.3 is 4.90 Å². The van der Waals surface area contributed by atoms with Crippen LogP contribution in [0, 0.1) is 6.92 Å². The summed E-state index contributed by atoms with van der Waals surface area (Å²) in [6, 6.07) is 56.8. The monoisotopic (exact) mass is 657 g/mol. The molecular weight excluding hydrogens is 615 g/mol. The van der Waals surface area contributed by atoms with E-state index in [1.165, 1.54) is 88.2 Å². The Hall–Kier alpha value is -5.66. The molecule has 9 rings (SSSR count). The van der Waals surface area contributed by atoms with Gasteiger partial charge in [0.2, 0.25) is 0 Å². The van der Waals surface area contributed by atoms with Gasteiger partial charge in [-0.3, -0.25) is 0 Å². The molecule has 0 fully saturated rings. The summed E-state index contributed by atoms with van der Waals surface area (Å²) >= 11 is 0. The molecule has 0 N–H and O–H groups in total. The van der Waals surface area contributed by atoms with E-state index in [-0.39, 0.29) is 10.8 Å². The average molecular weight is 658 g/mol. The third kappa shape index (κ3) is 4.90. The van der Waals surface area contributed by atoms with Crippen molar-refractivity contribution >= 4 is 49.4 Å². The van der Waals surface area contributed by atoms with Crippen molar-refractivity contribution in [1.82, 2.24) is 0 Å². The molecule has 0 bridgehead atoms. The number of rotatable bonds is 4. The van der Waals surface area contributed by atoms with Crippen LogP contribution in [0.25, 0.3) is 54.6 Å². The molecule has 8 aromatic rings. The highest BCUT2D eigenvalue weighted by Crippen LogP contribution is 2.53. The van der Waals surface area contributed by atoms with Crippen molar-refractivity contribution in [2.75, 3.05) is 4.90 Å². The molecule has 1 aliphatic rings. The number of hydrogen-bond acceptors (Lipinski definition) is 1. The summed E-state index contributed by atoms with van der Waals surface area (Å²) in [4.78, 5) is 2.56. The molecule has 8 aromatic carbocycles. The molecule has 248 valence electrons. The Balaban J connectivity index is 1.42. The molecule has 0 atom stereocenters. The van der Waals surface area contributed by atoms with Crippen LogP contribution in [0.1, 0.15) is 56.9 Å². The quantitative estimate of drug-likeness (QED) is 0.170. The SMILES string of the molecule is Cc1cccc2c1-c1ccc(N(c3cc4ccccc4cc3-c3ccccc3C(C)(C)C)c3cc4ccccc4c4ccccc34)cc1C2(C)C. The van der Waals surface area contributed by atoms with Gasteiger partial charge in [-0.2, -0.15) is 0 Å². The lowest BCUT2D eigenvalue weighted by atomic mass is 9.81. The largest absolute Gasteiger partial charge is 0.309 e. The van der Waals surface area contributed by atoms with Crippen molar-refractivity contribution in [3.05, 3.63) is 174 Å². The van der Waals surface area contributed by atoms with Gasteiger partial charge in [-0.25, -0.2) is 0 Å². The minimum absolute atomic E-state index is 0.0405. The Morgan fingerprint density at radius 2 is 1.10 bits per heavy atom. The highest BCUT2D eigenvalue weighted by atomic mass is 15.1. The Labute approximate surface area is 301 Å². The molecule has 0 radical (unpaired) electrons. The van der Waals surface area contributed by atoms with Gasteiger partial charge in [-0.1, -0.05) is 156 Å². The lowest BCUT2D eigenvalue weighted by Gasteiger charge is -2.32. The summed E-state index contributed by atoms with van der Waals surface area (Å²) in [5.41, 5.74) is 14.0. The maximum absolute atomic E-state index is 2.56. The molecule has 0 saturated carbocycles. The molecule has 0 heterocycles. The fourth-order valence-corrected chi connectivity index (χ4v) is 8.73. The second-order valence-corrected chi connectivity index (χ2v) is 15.9. The van der Waals surface area contributed by atoms with Crippen molar-refractivity contribution in [2.45, 2.75) is 52.4 Å². The van der Waals surface area contributed by atoms with Crippen LogP contribution in [0.4, 0.5) is 17.1 Å². The second kappa shape index (κ2) is 11.4. The van der Waals surface area contributed by atoms with Gasteiger partial charge in [0.15, 0.2) is 0 Å². The number of hydrogen-bond donors (Lipinski definition) is 0. The second-order valence-electron chi connectivity index (χ2n) is 15.9. The van der Waals surface area contributed by atoms with E-state index in [9.17, 15) is 0 Å². The van der Waals surface area contributed by atoms with Crippen LogP contribution in [0.15, 0.2) is 152 Å². The van der Waals surface area contributed by atoms with Crippen molar-refractivity contribution in [1.29, 1.82) is 0 Å². The molecule has 0 aromatic heterocycles. The lowest BCUT2D eigenvalue weighted by Crippen LogP contribution is -2.17. The Bertz CT molecular complexity index is 2670. The smallest absolute Gasteiger partial charge is 0.0546 e. The van der Waals surface area contributed by atoms with E-state index in [1.54, 1.807) is 0 Å². The Kier molecular flexibility index (Phi) is 7.03. The topological polar surface area (TPSA) is 3.24 Å². The molecule has 0 saturated heterocycles. The van der Waals surface area contributed by atoms with Gasteiger partial charge in [-0.15, -0.1) is 0 Å². The van der Waals surface area contributed by atoms with Crippen LogP contribution in [-0.4, -0.2) is 0 Å². The minimum Gasteiger partial charge on any atom is -0.309 e. The molecule has 1 aliphatic carbocycles. The zero-order valence-electron chi connectivity index (χ0n) is 30.4. The standard InChI is InChI=1S/C50H43N/c1-32-16-15-25-44-48(32)41-27-26-36(31-45(41)50(44,5)6)51(46-30-35-19-9-10-20-37(35)38-21-11-12-23-40(38)46)47-29-34-18-8-7-17-33(34)28-42(47)39-22-13-14-24-43(39)49(2,3)4/h7-31H,1-6H3. The summed E-state index contributed by atoms with van der Waals surface area (Å²) in [7, 11) is 0. The summed E-state index contributed by atoms with van der Waals surface area (Å²) in [5.74, 6) is 0. The number of nitrogens with zero attached hydrogens (tertiary/aromatic N) is 1. The van der Waals surface area contributed by atoms with Crippen LogP contribution in [0.3, 0.4) is 0 Å². The van der Waals surface area contributed by atoms with E-state index in [4.69, 9.17) is 0 Å². The van der Waals surface area contributed by atoms with E-state index < -0.39 is 0 Å². The minimum atomic E-state index is -0.130. The van der Waals surface area contributed by atoms with Crippen molar-refractivity contribution in [2.24, 2.45) is 0 Å². The predicted molar refractivity (Wildman–Crippen MR) is 220 cm³/mol. The normalized spacial score (nSPS) is 13.5. The number of benzene rings is 8. The summed E-state index contributed by atoms with van der Waals surface area (Å²) in [6.45, 7) is 14.0. The van der Waals surface area contributed by atoms with Crippen LogP contribution in [0.5, 0.6) is 0 Å². The summed E-state index contributed by atoms with van der Waals surface area (Å²) in [6.07, 6.45) is 0. The summed E-state index contributed by atoms with van der Waals surface area (Å²) < 4.78 is 0. The Morgan fingerprint density at radius 1 is 0.471 bits per heavy atom. The van der Waals surface area contributed by atoms with Crippen LogP contribution >= 0.6 is 0 Å². The molecule has 0 amide bonds.